The lowest BCUT2D eigenvalue weighted by Crippen LogP contribution is -2.46. The molecular weight excluding hydrogens is 508 g/mol. The molecule has 0 radical (unpaired) electrons. The number of aromatic hydroxyl groups is 1. The number of phenolic OH excluding ortho intramolecular Hbond substituents is 1. The summed E-state index contributed by atoms with van der Waals surface area (Å²) < 4.78 is 0. The van der Waals surface area contributed by atoms with E-state index in [0.717, 1.165) is 40.9 Å². The Morgan fingerprint density at radius 3 is 2.37 bits per heavy atom. The topological polar surface area (TPSA) is 68.7 Å². The summed E-state index contributed by atoms with van der Waals surface area (Å²) in [5.41, 5.74) is 4.23. The van der Waals surface area contributed by atoms with Gasteiger partial charge >= 0.3 is 0 Å². The van der Waals surface area contributed by atoms with Crippen LogP contribution in [0.1, 0.15) is 87.1 Å². The number of nitrogens with one attached hydrogen (secondary N) is 1. The summed E-state index contributed by atoms with van der Waals surface area (Å²) in [6, 6.07) is 16.3. The summed E-state index contributed by atoms with van der Waals surface area (Å²) in [4.78, 5) is 24.6. The first-order valence-corrected chi connectivity index (χ1v) is 16.0. The van der Waals surface area contributed by atoms with Crippen molar-refractivity contribution in [3.05, 3.63) is 59.7 Å². The first-order valence-electron chi connectivity index (χ1n) is 16.0. The largest absolute Gasteiger partial charge is 0.508 e. The second-order valence-electron chi connectivity index (χ2n) is 12.6. The third-order valence-corrected chi connectivity index (χ3v) is 9.91. The van der Waals surface area contributed by atoms with E-state index in [0.29, 0.717) is 24.0 Å². The zero-order chi connectivity index (χ0) is 28.2. The second kappa shape index (κ2) is 12.9. The Labute approximate surface area is 245 Å². The van der Waals surface area contributed by atoms with E-state index < -0.39 is 0 Å². The maximum absolute atomic E-state index is 14.3. The number of benzene rings is 2. The highest BCUT2D eigenvalue weighted by atomic mass is 16.3. The molecular formula is C35H46N4O2. The summed E-state index contributed by atoms with van der Waals surface area (Å²) >= 11 is 0. The van der Waals surface area contributed by atoms with Crippen LogP contribution in [0.25, 0.3) is 22.2 Å². The number of amides is 1. The summed E-state index contributed by atoms with van der Waals surface area (Å²) in [5, 5.41) is 14.6. The standard InChI is InChI=1S/C35H46N4O2/c1-25(26-11-5-2-6-12-26)36-35(41)33-30-16-15-29(40)23-32(30)37-34(27-13-7-3-8-14-27)31(33)24-38-21-17-28(18-22-38)39-19-9-4-10-20-39/h3,7-8,13-16,23,25-26,28,40H,2,4-6,9-12,17-22,24H2,1H3,(H,36,41)/t25-/m0/s1. The van der Waals surface area contributed by atoms with Crippen molar-refractivity contribution >= 4 is 16.8 Å². The van der Waals surface area contributed by atoms with Gasteiger partial charge in [0.1, 0.15) is 5.75 Å². The average Bonchev–Trinajstić information content (AvgIpc) is 3.02. The third kappa shape index (κ3) is 6.44. The van der Waals surface area contributed by atoms with Gasteiger partial charge in [0.05, 0.1) is 16.8 Å². The van der Waals surface area contributed by atoms with Gasteiger partial charge in [-0.05, 0) is 89.7 Å². The van der Waals surface area contributed by atoms with Gasteiger partial charge in [-0.2, -0.15) is 0 Å². The summed E-state index contributed by atoms with van der Waals surface area (Å²) in [5.74, 6) is 0.672. The van der Waals surface area contributed by atoms with Crippen LogP contribution in [0, 0.1) is 5.92 Å². The lowest BCUT2D eigenvalue weighted by molar-refractivity contribution is 0.0878. The summed E-state index contributed by atoms with van der Waals surface area (Å²) in [6.45, 7) is 7.42. The van der Waals surface area contributed by atoms with Crippen molar-refractivity contribution < 1.29 is 9.90 Å². The molecule has 0 unspecified atom stereocenters. The Morgan fingerprint density at radius 2 is 1.63 bits per heavy atom. The lowest BCUT2D eigenvalue weighted by Gasteiger charge is -2.40. The predicted molar refractivity (Wildman–Crippen MR) is 166 cm³/mol. The van der Waals surface area contributed by atoms with E-state index in [2.05, 4.69) is 34.2 Å². The molecule has 6 rings (SSSR count). The van der Waals surface area contributed by atoms with E-state index in [4.69, 9.17) is 4.98 Å². The van der Waals surface area contributed by atoms with Gasteiger partial charge in [0.2, 0.25) is 0 Å². The lowest BCUT2D eigenvalue weighted by atomic mass is 9.84. The van der Waals surface area contributed by atoms with Gasteiger partial charge in [0.15, 0.2) is 0 Å². The number of aromatic nitrogens is 1. The summed E-state index contributed by atoms with van der Waals surface area (Å²) in [6.07, 6.45) is 12.5. The smallest absolute Gasteiger partial charge is 0.252 e. The van der Waals surface area contributed by atoms with Gasteiger partial charge in [-0.1, -0.05) is 56.0 Å². The summed E-state index contributed by atoms with van der Waals surface area (Å²) in [7, 11) is 0. The van der Waals surface area contributed by atoms with Crippen molar-refractivity contribution in [1.29, 1.82) is 0 Å². The number of hydrogen-bond donors (Lipinski definition) is 2. The molecule has 1 aromatic heterocycles. The van der Waals surface area contributed by atoms with Crippen molar-refractivity contribution in [2.24, 2.45) is 5.92 Å². The molecule has 2 saturated heterocycles. The number of fused-ring (bicyclic) bond motifs is 1. The molecule has 6 heteroatoms. The number of nitrogens with zero attached hydrogens (tertiary/aromatic N) is 3. The first-order chi connectivity index (χ1) is 20.1. The molecule has 1 atom stereocenters. The molecule has 3 aromatic rings. The second-order valence-corrected chi connectivity index (χ2v) is 12.6. The molecule has 3 aliphatic rings. The number of carbonyl (C=O) groups excluding carboxylic acids is 1. The van der Waals surface area contributed by atoms with Gasteiger partial charge in [-0.15, -0.1) is 0 Å². The molecule has 2 aromatic carbocycles. The molecule has 2 aliphatic heterocycles. The zero-order valence-electron chi connectivity index (χ0n) is 24.7. The molecule has 1 aliphatic carbocycles. The van der Waals surface area contributed by atoms with E-state index in [9.17, 15) is 9.90 Å². The molecule has 1 amide bonds. The molecule has 3 heterocycles. The fourth-order valence-corrected chi connectivity index (χ4v) is 7.52. The molecule has 6 nitrogen and oxygen atoms in total. The van der Waals surface area contributed by atoms with Gasteiger partial charge in [-0.25, -0.2) is 4.98 Å². The number of carbonyl (C=O) groups is 1. The Morgan fingerprint density at radius 1 is 0.927 bits per heavy atom. The maximum atomic E-state index is 14.3. The number of likely N-dealkylation sites (tertiary alicyclic amines) is 2. The number of pyridine rings is 1. The van der Waals surface area contributed by atoms with Gasteiger partial charge in [0, 0.05) is 41.2 Å². The highest BCUT2D eigenvalue weighted by Crippen LogP contribution is 2.34. The van der Waals surface area contributed by atoms with Gasteiger partial charge in [-0.3, -0.25) is 9.69 Å². The van der Waals surface area contributed by atoms with Crippen molar-refractivity contribution in [3.8, 4) is 17.0 Å². The molecule has 0 bridgehead atoms. The maximum Gasteiger partial charge on any atom is 0.252 e. The van der Waals surface area contributed by atoms with Crippen LogP contribution in [0.4, 0.5) is 0 Å². The fourth-order valence-electron chi connectivity index (χ4n) is 7.52. The van der Waals surface area contributed by atoms with E-state index in [1.54, 1.807) is 12.1 Å². The van der Waals surface area contributed by atoms with Crippen LogP contribution >= 0.6 is 0 Å². The van der Waals surface area contributed by atoms with Crippen LogP contribution in [-0.2, 0) is 6.54 Å². The van der Waals surface area contributed by atoms with Crippen molar-refractivity contribution in [2.45, 2.75) is 89.8 Å². The molecule has 2 N–H and O–H groups in total. The third-order valence-electron chi connectivity index (χ3n) is 9.91. The number of rotatable bonds is 7. The SMILES string of the molecule is C[C@H](NC(=O)c1c(CN2CCC(N3CCCCC3)CC2)c(-c2ccccc2)nc2cc(O)ccc12)C1CCCCC1. The first kappa shape index (κ1) is 28.2. The molecule has 218 valence electrons. The monoisotopic (exact) mass is 554 g/mol. The highest BCUT2D eigenvalue weighted by Gasteiger charge is 2.30. The Balaban J connectivity index is 1.35. The van der Waals surface area contributed by atoms with Crippen molar-refractivity contribution in [3.63, 3.8) is 0 Å². The number of hydrogen-bond acceptors (Lipinski definition) is 5. The molecule has 0 spiro atoms. The van der Waals surface area contributed by atoms with E-state index in [1.165, 1.54) is 77.3 Å². The van der Waals surface area contributed by atoms with Crippen molar-refractivity contribution in [2.75, 3.05) is 26.2 Å². The average molecular weight is 555 g/mol. The molecule has 41 heavy (non-hydrogen) atoms. The van der Waals surface area contributed by atoms with Crippen LogP contribution in [0.2, 0.25) is 0 Å². The Kier molecular flexibility index (Phi) is 8.87. The van der Waals surface area contributed by atoms with E-state index in [1.807, 2.05) is 24.3 Å². The minimum absolute atomic E-state index is 0.0171. The van der Waals surface area contributed by atoms with Crippen LogP contribution in [0.15, 0.2) is 48.5 Å². The number of piperidine rings is 2. The van der Waals surface area contributed by atoms with E-state index in [-0.39, 0.29) is 17.7 Å². The molecule has 3 fully saturated rings. The number of phenols is 1. The predicted octanol–water partition coefficient (Wildman–Crippen LogP) is 6.76. The van der Waals surface area contributed by atoms with Crippen LogP contribution in [0.5, 0.6) is 5.75 Å². The minimum Gasteiger partial charge on any atom is -0.508 e. The highest BCUT2D eigenvalue weighted by molar-refractivity contribution is 6.09. The fraction of sp³-hybridized carbons (Fsp3) is 0.543. The van der Waals surface area contributed by atoms with Crippen molar-refractivity contribution in [1.82, 2.24) is 20.1 Å². The normalized spacial score (nSPS) is 20.7. The minimum atomic E-state index is -0.0171. The van der Waals surface area contributed by atoms with Crippen LogP contribution in [-0.4, -0.2) is 64.1 Å². The van der Waals surface area contributed by atoms with Gasteiger partial charge < -0.3 is 15.3 Å². The zero-order valence-corrected chi connectivity index (χ0v) is 24.7. The quantitative estimate of drug-likeness (QED) is 0.338. The van der Waals surface area contributed by atoms with Crippen LogP contribution in [0.3, 0.4) is 0 Å². The Hall–Kier alpha value is -2.96. The van der Waals surface area contributed by atoms with Gasteiger partial charge in [0.25, 0.3) is 5.91 Å². The Bertz CT molecular complexity index is 1320. The van der Waals surface area contributed by atoms with Crippen LogP contribution < -0.4 is 5.32 Å². The van der Waals surface area contributed by atoms with E-state index >= 15 is 0 Å². The molecule has 1 saturated carbocycles.